The van der Waals surface area contributed by atoms with Gasteiger partial charge in [0.2, 0.25) is 0 Å². The molecule has 0 saturated carbocycles. The molecule has 0 spiro atoms. The number of hydrogen-bond donors (Lipinski definition) is 0. The molecule has 6 nitrogen and oxygen atoms in total. The Morgan fingerprint density at radius 1 is 0.133 bits per heavy atom. The largest absolute Gasteiger partial charge is 0.456 e. The lowest BCUT2D eigenvalue weighted by Gasteiger charge is -2.28. The van der Waals surface area contributed by atoms with E-state index in [0.717, 1.165) is 223 Å². The highest BCUT2D eigenvalue weighted by Crippen LogP contribution is 2.49. The van der Waals surface area contributed by atoms with Crippen molar-refractivity contribution >= 4 is 122 Å². The maximum absolute atomic E-state index is 6.37. The fraction of sp³-hybridized carbons (Fsp3) is 0. The van der Waals surface area contributed by atoms with Gasteiger partial charge in [-0.05, 0) is 303 Å². The molecule has 28 aromatic rings. The van der Waals surface area contributed by atoms with Crippen LogP contribution in [0.25, 0.3) is 244 Å². The monoisotopic (exact) mass is 1910 g/mol. The first kappa shape index (κ1) is 87.8. The molecule has 702 valence electrons. The predicted octanol–water partition coefficient (Wildman–Crippen LogP) is 40.3. The molecule has 0 aliphatic rings. The van der Waals surface area contributed by atoms with Crippen molar-refractivity contribution in [2.24, 2.45) is 0 Å². The summed E-state index contributed by atoms with van der Waals surface area (Å²) in [6.07, 6.45) is 0. The molecule has 0 amide bonds. The Morgan fingerprint density at radius 2 is 0.387 bits per heavy atom. The summed E-state index contributed by atoms with van der Waals surface area (Å²) in [5, 5.41) is 9.43. The second kappa shape index (κ2) is 37.4. The van der Waals surface area contributed by atoms with Crippen molar-refractivity contribution in [1.29, 1.82) is 0 Å². The molecule has 0 aliphatic heterocycles. The Kier molecular flexibility index (Phi) is 21.9. The van der Waals surface area contributed by atoms with E-state index in [9.17, 15) is 0 Å². The quantitative estimate of drug-likeness (QED) is 0.0719. The number of para-hydroxylation sites is 6. The number of hydrogen-bond acceptors (Lipinski definition) is 4. The van der Waals surface area contributed by atoms with Gasteiger partial charge in [0.15, 0.2) is 0 Å². The fourth-order valence-corrected chi connectivity index (χ4v) is 22.7. The van der Waals surface area contributed by atoms with Gasteiger partial charge in [-0.2, -0.15) is 0 Å². The zero-order valence-electron chi connectivity index (χ0n) is 81.9. The molecule has 4 heterocycles. The predicted molar refractivity (Wildman–Crippen MR) is 630 cm³/mol. The van der Waals surface area contributed by atoms with Crippen LogP contribution in [0.5, 0.6) is 0 Å². The van der Waals surface area contributed by atoms with E-state index in [1.54, 1.807) is 0 Å². The maximum Gasteiger partial charge on any atom is 0.136 e. The Bertz CT molecular complexity index is 9940. The smallest absolute Gasteiger partial charge is 0.136 e. The first-order chi connectivity index (χ1) is 74.3. The third-order valence-corrected chi connectivity index (χ3v) is 30.2. The van der Waals surface area contributed by atoms with Gasteiger partial charge in [-0.3, -0.25) is 0 Å². The third kappa shape index (κ3) is 16.0. The topological polar surface area (TPSA) is 42.6 Å². The average molecular weight is 1910 g/mol. The molecule has 0 fully saturated rings. The zero-order chi connectivity index (χ0) is 99.1. The van der Waals surface area contributed by atoms with Crippen LogP contribution in [-0.4, -0.2) is 9.13 Å². The molecule has 150 heavy (non-hydrogen) atoms. The molecule has 28 rings (SSSR count). The summed E-state index contributed by atoms with van der Waals surface area (Å²) in [5.41, 5.74) is 46.7. The lowest BCUT2D eigenvalue weighted by molar-refractivity contribution is 0.668. The van der Waals surface area contributed by atoms with Crippen LogP contribution in [-0.2, 0) is 0 Å². The van der Waals surface area contributed by atoms with Gasteiger partial charge in [-0.25, -0.2) is 0 Å². The minimum atomic E-state index is 0.886. The molecule has 0 unspecified atom stereocenters. The summed E-state index contributed by atoms with van der Waals surface area (Å²) in [6.45, 7) is 0. The van der Waals surface area contributed by atoms with Gasteiger partial charge in [0.05, 0.1) is 27.8 Å². The minimum Gasteiger partial charge on any atom is -0.456 e. The number of fused-ring (bicyclic) bond motifs is 12. The molecular formula is C144H94N4O2. The fourth-order valence-electron chi connectivity index (χ4n) is 22.7. The summed E-state index contributed by atoms with van der Waals surface area (Å²) in [6, 6.07) is 208. The van der Waals surface area contributed by atoms with Crippen LogP contribution in [0.15, 0.2) is 579 Å². The van der Waals surface area contributed by atoms with Crippen LogP contribution in [0.2, 0.25) is 0 Å². The lowest BCUT2D eigenvalue weighted by atomic mass is 9.95. The molecule has 0 atom stereocenters. The maximum atomic E-state index is 6.37. The van der Waals surface area contributed by atoms with Crippen molar-refractivity contribution in [3.8, 4) is 156 Å². The molecule has 0 saturated heterocycles. The Morgan fingerprint density at radius 3 is 0.807 bits per heavy atom. The molecule has 4 aromatic heterocycles. The van der Waals surface area contributed by atoms with E-state index < -0.39 is 0 Å². The highest BCUT2D eigenvalue weighted by molar-refractivity contribution is 6.16. The summed E-state index contributed by atoms with van der Waals surface area (Å²) in [5.74, 6) is 0. The van der Waals surface area contributed by atoms with Crippen LogP contribution in [0.1, 0.15) is 0 Å². The minimum absolute atomic E-state index is 0.886. The highest BCUT2D eigenvalue weighted by Gasteiger charge is 2.25. The van der Waals surface area contributed by atoms with Gasteiger partial charge in [0.1, 0.15) is 22.3 Å². The molecule has 0 bridgehead atoms. The zero-order valence-corrected chi connectivity index (χ0v) is 81.9. The number of furan rings is 2. The van der Waals surface area contributed by atoms with Gasteiger partial charge in [-0.1, -0.05) is 406 Å². The first-order valence-corrected chi connectivity index (χ1v) is 51.3. The van der Waals surface area contributed by atoms with Crippen molar-refractivity contribution in [2.45, 2.75) is 0 Å². The van der Waals surface area contributed by atoms with Crippen molar-refractivity contribution in [2.75, 3.05) is 9.80 Å². The summed E-state index contributed by atoms with van der Waals surface area (Å²) >= 11 is 0. The Hall–Kier alpha value is -19.9. The van der Waals surface area contributed by atoms with Crippen molar-refractivity contribution in [1.82, 2.24) is 9.13 Å². The van der Waals surface area contributed by atoms with Crippen molar-refractivity contribution < 1.29 is 8.83 Å². The van der Waals surface area contributed by atoms with Crippen molar-refractivity contribution in [3.63, 3.8) is 0 Å². The van der Waals surface area contributed by atoms with E-state index in [0.29, 0.717) is 0 Å². The standard InChI is InChI=1S/C144H94N4O2/c1-2-22-95(23-3-1)96-56-58-106(59-57-96)114-28-19-31-124(93-114)145(119-79-72-107(73-80-119)111-25-17-29-116(91-111)126-38-20-46-141-143(126)131-36-8-14-44-139(131)149-141)118-77-64-101(65-78-118)97-48-52-100(53-49-97)104-70-87-123(88-71-104)148-137-43-13-7-35-130(137)133-94-115(76-89-138(133)148)113-27-16-24-110(90-113)105-60-62-109(63-61-105)125-32-4-10-40-134(125)146(121-83-74-108(75-84-121)112-26-18-30-117(92-112)127-39-21-47-142-144(127)132-37-9-15-45-140(132)150-142)120-81-66-102(67-82-120)98-50-54-99(55-51-98)103-68-85-122(86-69-103)147-135-41-11-5-33-128(135)129-34-6-12-42-136(129)147/h1-94H. The van der Waals surface area contributed by atoms with E-state index in [1.807, 2.05) is 18.2 Å². The third-order valence-electron chi connectivity index (χ3n) is 30.2. The molecular weight excluding hydrogens is 1820 g/mol. The van der Waals surface area contributed by atoms with E-state index in [4.69, 9.17) is 8.83 Å². The number of benzene rings is 24. The van der Waals surface area contributed by atoms with E-state index in [-0.39, 0.29) is 0 Å². The molecule has 24 aromatic carbocycles. The highest BCUT2D eigenvalue weighted by atomic mass is 16.3. The number of nitrogens with zero attached hydrogens (tertiary/aromatic N) is 4. The van der Waals surface area contributed by atoms with Gasteiger partial charge < -0.3 is 27.8 Å². The van der Waals surface area contributed by atoms with Gasteiger partial charge >= 0.3 is 0 Å². The van der Waals surface area contributed by atoms with Gasteiger partial charge in [0, 0.05) is 88.5 Å². The van der Waals surface area contributed by atoms with Crippen LogP contribution in [0.3, 0.4) is 0 Å². The Balaban J connectivity index is 0.439. The van der Waals surface area contributed by atoms with E-state index in [1.165, 1.54) is 54.8 Å². The summed E-state index contributed by atoms with van der Waals surface area (Å²) < 4.78 is 17.5. The van der Waals surface area contributed by atoms with E-state index >= 15 is 0 Å². The SMILES string of the molecule is c1ccc(-c2ccc(-c3cccc(N(c4ccc(-c5ccc(-c6ccc(-n7c8ccccc8c8cc(-c9cccc(-c%10ccc(-c%11ccccc%11N(c%11ccc(-c%12ccc(-c%13ccc(-n%14c%15ccccc%15c%15ccccc%15%14)cc%13)cc%12)cc%11)c%11ccc(-c%12cccc(-c%13cccc%14oc%15ccccc%15c%13%14)c%12)cc%11)cc%10)c9)ccc87)cc6)cc5)cc4)c4ccc(-c5cccc(-c6cccc7oc8ccccc8c67)c5)cc4)c3)cc2)cc1. The second-order valence-electron chi connectivity index (χ2n) is 38.9. The second-order valence-corrected chi connectivity index (χ2v) is 38.9. The van der Waals surface area contributed by atoms with Gasteiger partial charge in [-0.15, -0.1) is 0 Å². The van der Waals surface area contributed by atoms with E-state index in [2.05, 4.69) is 571 Å². The normalized spacial score (nSPS) is 11.6. The number of rotatable bonds is 21. The Labute approximate surface area is 869 Å². The first-order valence-electron chi connectivity index (χ1n) is 51.3. The number of aromatic nitrogens is 2. The van der Waals surface area contributed by atoms with Crippen LogP contribution >= 0.6 is 0 Å². The summed E-state index contributed by atoms with van der Waals surface area (Å²) in [7, 11) is 0. The van der Waals surface area contributed by atoms with Crippen LogP contribution < -0.4 is 9.80 Å². The number of anilines is 6. The van der Waals surface area contributed by atoms with Crippen LogP contribution in [0, 0.1) is 0 Å². The molecule has 0 aliphatic carbocycles. The van der Waals surface area contributed by atoms with Crippen LogP contribution in [0.4, 0.5) is 34.1 Å². The summed E-state index contributed by atoms with van der Waals surface area (Å²) in [4.78, 5) is 4.78. The molecule has 6 heteroatoms. The molecule has 0 radical (unpaired) electrons. The molecule has 0 N–H and O–H groups in total. The van der Waals surface area contributed by atoms with Gasteiger partial charge in [0.25, 0.3) is 0 Å². The lowest BCUT2D eigenvalue weighted by Crippen LogP contribution is -2.11. The average Bonchev–Trinajstić information content (AvgIpc) is 1.58. The van der Waals surface area contributed by atoms with Crippen molar-refractivity contribution in [3.05, 3.63) is 570 Å².